The van der Waals surface area contributed by atoms with Gasteiger partial charge in [0.2, 0.25) is 5.91 Å². The third-order valence-electron chi connectivity index (χ3n) is 5.48. The molecule has 142 valence electrons. The van der Waals surface area contributed by atoms with E-state index in [2.05, 4.69) is 4.98 Å². The van der Waals surface area contributed by atoms with E-state index in [-0.39, 0.29) is 29.3 Å². The van der Waals surface area contributed by atoms with Crippen molar-refractivity contribution < 1.29 is 24.2 Å². The van der Waals surface area contributed by atoms with Crippen molar-refractivity contribution in [3.8, 4) is 0 Å². The summed E-state index contributed by atoms with van der Waals surface area (Å²) in [4.78, 5) is 43.6. The van der Waals surface area contributed by atoms with Crippen LogP contribution in [0.4, 0.5) is 0 Å². The molecule has 3 fully saturated rings. The van der Waals surface area contributed by atoms with Crippen molar-refractivity contribution >= 4 is 17.8 Å². The molecule has 0 saturated carbocycles. The number of amides is 2. The Balaban J connectivity index is 1.85. The Bertz CT molecular complexity index is 741. The highest BCUT2D eigenvalue weighted by Gasteiger charge is 2.42. The first-order valence-electron chi connectivity index (χ1n) is 8.86. The van der Waals surface area contributed by atoms with Crippen LogP contribution in [0.2, 0.25) is 0 Å². The topological polar surface area (TPSA) is 103 Å². The Hall–Kier alpha value is -2.35. The number of methoxy groups -OCH3 is 1. The molecule has 1 aromatic rings. The first-order valence-corrected chi connectivity index (χ1v) is 8.86. The molecule has 4 rings (SSSR count). The molecule has 0 unspecified atom stereocenters. The van der Waals surface area contributed by atoms with E-state index in [1.54, 1.807) is 25.9 Å². The Morgan fingerprint density at radius 3 is 2.62 bits per heavy atom. The Morgan fingerprint density at radius 1 is 1.27 bits per heavy atom. The monoisotopic (exact) mass is 363 g/mol. The zero-order valence-electron chi connectivity index (χ0n) is 15.4. The molecule has 0 aliphatic carbocycles. The molecule has 3 aliphatic rings. The van der Waals surface area contributed by atoms with Crippen molar-refractivity contribution in [3.05, 3.63) is 22.5 Å². The van der Waals surface area contributed by atoms with E-state index < -0.39 is 5.97 Å². The van der Waals surface area contributed by atoms with Crippen LogP contribution in [0.25, 0.3) is 0 Å². The molecule has 0 spiro atoms. The summed E-state index contributed by atoms with van der Waals surface area (Å²) in [6, 6.07) is -0.0179. The summed E-state index contributed by atoms with van der Waals surface area (Å²) in [6.07, 6.45) is 1.65. The molecule has 2 amide bonds. The van der Waals surface area contributed by atoms with Crippen molar-refractivity contribution in [3.63, 3.8) is 0 Å². The van der Waals surface area contributed by atoms with Crippen LogP contribution in [0.1, 0.15) is 44.9 Å². The van der Waals surface area contributed by atoms with Gasteiger partial charge < -0.3 is 24.6 Å². The molecule has 0 aromatic carbocycles. The lowest BCUT2D eigenvalue weighted by molar-refractivity contribution is -0.140. The van der Waals surface area contributed by atoms with Gasteiger partial charge >= 0.3 is 5.97 Å². The SMILES string of the molecule is COCCN1C(=O)[C@H]2CC[C@@H]1CN(C(=O)c1[nH]c(C)c(C(=O)O)c1C)C2. The second-order valence-electron chi connectivity index (χ2n) is 7.09. The van der Waals surface area contributed by atoms with E-state index in [0.29, 0.717) is 43.2 Å². The van der Waals surface area contributed by atoms with Gasteiger partial charge in [0.25, 0.3) is 5.91 Å². The van der Waals surface area contributed by atoms with E-state index in [1.165, 1.54) is 0 Å². The van der Waals surface area contributed by atoms with Gasteiger partial charge in [-0.2, -0.15) is 0 Å². The number of fused-ring (bicyclic) bond motifs is 4. The summed E-state index contributed by atoms with van der Waals surface area (Å²) >= 11 is 0. The number of carbonyl (C=O) groups is 3. The van der Waals surface area contributed by atoms with Gasteiger partial charge in [0.05, 0.1) is 18.1 Å². The first-order chi connectivity index (χ1) is 12.3. The fourth-order valence-electron chi connectivity index (χ4n) is 4.13. The number of aromatic amines is 1. The molecule has 1 aromatic heterocycles. The lowest BCUT2D eigenvalue weighted by Gasteiger charge is -2.35. The highest BCUT2D eigenvalue weighted by atomic mass is 16.5. The summed E-state index contributed by atoms with van der Waals surface area (Å²) in [5, 5.41) is 9.33. The van der Waals surface area contributed by atoms with Crippen molar-refractivity contribution in [2.75, 3.05) is 33.4 Å². The third-order valence-corrected chi connectivity index (χ3v) is 5.48. The Labute approximate surface area is 152 Å². The second-order valence-corrected chi connectivity index (χ2v) is 7.09. The second kappa shape index (κ2) is 7.11. The van der Waals surface area contributed by atoms with Crippen molar-refractivity contribution in [2.45, 2.75) is 32.7 Å². The maximum Gasteiger partial charge on any atom is 0.337 e. The Kier molecular flexibility index (Phi) is 5.04. The molecule has 8 nitrogen and oxygen atoms in total. The molecule has 26 heavy (non-hydrogen) atoms. The number of aryl methyl sites for hydroxylation is 1. The lowest BCUT2D eigenvalue weighted by atomic mass is 9.94. The summed E-state index contributed by atoms with van der Waals surface area (Å²) < 4.78 is 5.10. The van der Waals surface area contributed by atoms with E-state index in [4.69, 9.17) is 4.74 Å². The first kappa shape index (κ1) is 18.4. The van der Waals surface area contributed by atoms with Gasteiger partial charge in [-0.05, 0) is 32.3 Å². The number of hydrogen-bond donors (Lipinski definition) is 2. The molecule has 3 saturated heterocycles. The van der Waals surface area contributed by atoms with Crippen LogP contribution < -0.4 is 0 Å². The number of piperidine rings is 1. The molecule has 2 atom stereocenters. The standard InChI is InChI=1S/C18H25N3O5/c1-10-14(18(24)25)11(2)19-15(10)17(23)20-8-12-4-5-13(9-20)21(16(12)22)6-7-26-3/h12-13,19H,4-9H2,1-3H3,(H,24,25)/t12-,13+/m0/s1. The molecule has 4 heterocycles. The third kappa shape index (κ3) is 3.09. The van der Waals surface area contributed by atoms with Gasteiger partial charge in [-0.15, -0.1) is 0 Å². The number of hydrogen-bond acceptors (Lipinski definition) is 4. The van der Waals surface area contributed by atoms with Crippen LogP contribution in [-0.4, -0.2) is 77.1 Å². The zero-order valence-corrected chi connectivity index (χ0v) is 15.4. The summed E-state index contributed by atoms with van der Waals surface area (Å²) in [5.41, 5.74) is 1.36. The highest BCUT2D eigenvalue weighted by Crippen LogP contribution is 2.30. The van der Waals surface area contributed by atoms with Crippen LogP contribution >= 0.6 is 0 Å². The van der Waals surface area contributed by atoms with Gasteiger partial charge in [0, 0.05) is 38.5 Å². The number of carboxylic acid groups (broad SMARTS) is 1. The van der Waals surface area contributed by atoms with Crippen molar-refractivity contribution in [1.29, 1.82) is 0 Å². The van der Waals surface area contributed by atoms with Crippen molar-refractivity contribution in [2.24, 2.45) is 5.92 Å². The van der Waals surface area contributed by atoms with Crippen LogP contribution in [-0.2, 0) is 9.53 Å². The highest BCUT2D eigenvalue weighted by molar-refractivity contribution is 6.00. The smallest absolute Gasteiger partial charge is 0.337 e. The van der Waals surface area contributed by atoms with Crippen molar-refractivity contribution in [1.82, 2.24) is 14.8 Å². The maximum atomic E-state index is 13.1. The van der Waals surface area contributed by atoms with Gasteiger partial charge in [0.1, 0.15) is 5.69 Å². The predicted molar refractivity (Wildman–Crippen MR) is 93.2 cm³/mol. The minimum atomic E-state index is -1.05. The largest absolute Gasteiger partial charge is 0.478 e. The number of nitrogens with one attached hydrogen (secondary N) is 1. The molecule has 0 radical (unpaired) electrons. The van der Waals surface area contributed by atoms with Gasteiger partial charge in [-0.25, -0.2) is 4.79 Å². The lowest BCUT2D eigenvalue weighted by Crippen LogP contribution is -2.49. The van der Waals surface area contributed by atoms with E-state index in [0.717, 1.165) is 12.8 Å². The fourth-order valence-corrected chi connectivity index (χ4v) is 4.13. The maximum absolute atomic E-state index is 13.1. The van der Waals surface area contributed by atoms with Gasteiger partial charge in [-0.1, -0.05) is 0 Å². The van der Waals surface area contributed by atoms with E-state index >= 15 is 0 Å². The number of nitrogens with zero attached hydrogens (tertiary/aromatic N) is 2. The minimum absolute atomic E-state index is 0.0179. The molecule has 2 N–H and O–H groups in total. The van der Waals surface area contributed by atoms with Crippen LogP contribution in [0.3, 0.4) is 0 Å². The van der Waals surface area contributed by atoms with Gasteiger partial charge in [0.15, 0.2) is 0 Å². The normalized spacial score (nSPS) is 22.7. The quantitative estimate of drug-likeness (QED) is 0.814. The Morgan fingerprint density at radius 2 is 2.00 bits per heavy atom. The van der Waals surface area contributed by atoms with Crippen LogP contribution in [0.15, 0.2) is 0 Å². The minimum Gasteiger partial charge on any atom is -0.478 e. The number of ether oxygens (including phenoxy) is 1. The average molecular weight is 363 g/mol. The number of aromatic nitrogens is 1. The van der Waals surface area contributed by atoms with Crippen LogP contribution in [0.5, 0.6) is 0 Å². The molecular formula is C18H25N3O5. The zero-order chi connectivity index (χ0) is 19.0. The number of rotatable bonds is 5. The number of carbonyl (C=O) groups excluding carboxylic acids is 2. The number of H-pyrrole nitrogens is 1. The number of carboxylic acids is 1. The molecular weight excluding hydrogens is 338 g/mol. The molecule has 8 heteroatoms. The summed E-state index contributed by atoms with van der Waals surface area (Å²) in [5.74, 6) is -1.41. The van der Waals surface area contributed by atoms with E-state index in [9.17, 15) is 19.5 Å². The van der Waals surface area contributed by atoms with Gasteiger partial charge in [-0.3, -0.25) is 9.59 Å². The fraction of sp³-hybridized carbons (Fsp3) is 0.611. The molecule has 2 bridgehead atoms. The average Bonchev–Trinajstić information content (AvgIpc) is 2.75. The van der Waals surface area contributed by atoms with E-state index in [1.807, 2.05) is 4.90 Å². The predicted octanol–water partition coefficient (Wildman–Crippen LogP) is 1.04. The number of aromatic carboxylic acids is 1. The summed E-state index contributed by atoms with van der Waals surface area (Å²) in [6.45, 7) is 5.13. The summed E-state index contributed by atoms with van der Waals surface area (Å²) in [7, 11) is 1.60. The van der Waals surface area contributed by atoms with Crippen LogP contribution in [0, 0.1) is 19.8 Å². The molecule has 3 aliphatic heterocycles.